The summed E-state index contributed by atoms with van der Waals surface area (Å²) in [5, 5.41) is 2.93. The lowest BCUT2D eigenvalue weighted by atomic mass is 10.1. The van der Waals surface area contributed by atoms with Gasteiger partial charge in [-0.1, -0.05) is 48.9 Å². The van der Waals surface area contributed by atoms with E-state index in [1.165, 1.54) is 24.0 Å². The van der Waals surface area contributed by atoms with E-state index in [0.29, 0.717) is 12.0 Å². The van der Waals surface area contributed by atoms with E-state index in [0.717, 1.165) is 21.7 Å². The van der Waals surface area contributed by atoms with Gasteiger partial charge >= 0.3 is 0 Å². The summed E-state index contributed by atoms with van der Waals surface area (Å²) in [7, 11) is -3.87. The molecule has 2 rings (SSSR count). The Balaban J connectivity index is 2.49. The molecule has 2 aromatic carbocycles. The van der Waals surface area contributed by atoms with Crippen LogP contribution in [0.25, 0.3) is 0 Å². The van der Waals surface area contributed by atoms with E-state index in [1.807, 2.05) is 58.9 Å². The van der Waals surface area contributed by atoms with Crippen LogP contribution in [-0.2, 0) is 26.2 Å². The maximum Gasteiger partial charge on any atom is 0.244 e. The van der Waals surface area contributed by atoms with Gasteiger partial charge < -0.3 is 10.2 Å². The predicted octanol–water partition coefficient (Wildman–Crippen LogP) is 3.69. The number of benzene rings is 2. The molecule has 1 N–H and O–H groups in total. The summed E-state index contributed by atoms with van der Waals surface area (Å²) in [6, 6.07) is 13.0. The molecule has 0 spiro atoms. The fourth-order valence-electron chi connectivity index (χ4n) is 3.76. The molecule has 9 heteroatoms. The lowest BCUT2D eigenvalue weighted by molar-refractivity contribution is -0.141. The van der Waals surface area contributed by atoms with E-state index >= 15 is 0 Å². The van der Waals surface area contributed by atoms with Crippen LogP contribution >= 0.6 is 0 Å². The minimum atomic E-state index is -3.87. The SMILES string of the molecule is CC[C@@H](C(=O)NC(C)(C)C)N(Cc1ccc(C)cc1)C(=O)CN(c1cccc(C(C)=O)c1)S(C)(=O)=O. The van der Waals surface area contributed by atoms with E-state index in [1.54, 1.807) is 12.1 Å². The van der Waals surface area contributed by atoms with Crippen LogP contribution in [-0.4, -0.2) is 55.3 Å². The predicted molar refractivity (Wildman–Crippen MR) is 142 cm³/mol. The largest absolute Gasteiger partial charge is 0.350 e. The Bertz CT molecular complexity index is 1200. The Kier molecular flexibility index (Phi) is 9.43. The van der Waals surface area contributed by atoms with Gasteiger partial charge in [0.05, 0.1) is 11.9 Å². The summed E-state index contributed by atoms with van der Waals surface area (Å²) in [5.41, 5.74) is 1.92. The van der Waals surface area contributed by atoms with Crippen LogP contribution in [0.3, 0.4) is 0 Å². The Labute approximate surface area is 214 Å². The number of hydrogen-bond acceptors (Lipinski definition) is 5. The van der Waals surface area contributed by atoms with Gasteiger partial charge in [0.2, 0.25) is 21.8 Å². The van der Waals surface area contributed by atoms with Crippen molar-refractivity contribution in [3.05, 3.63) is 65.2 Å². The molecule has 0 fully saturated rings. The van der Waals surface area contributed by atoms with Crippen LogP contribution in [0.2, 0.25) is 0 Å². The van der Waals surface area contributed by atoms with E-state index in [2.05, 4.69) is 5.32 Å². The summed E-state index contributed by atoms with van der Waals surface area (Å²) >= 11 is 0. The molecule has 0 aliphatic rings. The average Bonchev–Trinajstić information content (AvgIpc) is 2.76. The summed E-state index contributed by atoms with van der Waals surface area (Å²) in [6.45, 7) is 10.4. The van der Waals surface area contributed by atoms with Crippen molar-refractivity contribution >= 4 is 33.3 Å². The molecule has 0 unspecified atom stereocenters. The zero-order valence-corrected chi connectivity index (χ0v) is 23.0. The van der Waals surface area contributed by atoms with E-state index in [9.17, 15) is 22.8 Å². The first kappa shape index (κ1) is 29.0. The van der Waals surface area contributed by atoms with Crippen molar-refractivity contribution in [2.24, 2.45) is 0 Å². The number of nitrogens with zero attached hydrogens (tertiary/aromatic N) is 2. The Hall–Kier alpha value is -3.20. The van der Waals surface area contributed by atoms with Crippen molar-refractivity contribution in [1.82, 2.24) is 10.2 Å². The highest BCUT2D eigenvalue weighted by atomic mass is 32.2. The molecule has 0 radical (unpaired) electrons. The van der Waals surface area contributed by atoms with Crippen molar-refractivity contribution in [3.8, 4) is 0 Å². The van der Waals surface area contributed by atoms with Gasteiger partial charge in [-0.15, -0.1) is 0 Å². The van der Waals surface area contributed by atoms with Crippen LogP contribution in [0.1, 0.15) is 62.5 Å². The third-order valence-electron chi connectivity index (χ3n) is 5.58. The number of sulfonamides is 1. The fraction of sp³-hybridized carbons (Fsp3) is 0.444. The number of rotatable bonds is 10. The van der Waals surface area contributed by atoms with E-state index in [4.69, 9.17) is 0 Å². The van der Waals surface area contributed by atoms with Gasteiger partial charge in [0.1, 0.15) is 12.6 Å². The molecule has 1 atom stereocenters. The number of aryl methyl sites for hydroxylation is 1. The second-order valence-corrected chi connectivity index (χ2v) is 12.0. The van der Waals surface area contributed by atoms with Gasteiger partial charge in [-0.05, 0) is 58.7 Å². The summed E-state index contributed by atoms with van der Waals surface area (Å²) in [4.78, 5) is 40.2. The van der Waals surface area contributed by atoms with Gasteiger partial charge in [-0.3, -0.25) is 18.7 Å². The number of amides is 2. The normalized spacial score (nSPS) is 12.5. The van der Waals surface area contributed by atoms with Crippen molar-refractivity contribution in [1.29, 1.82) is 0 Å². The maximum atomic E-state index is 13.7. The third-order valence-corrected chi connectivity index (χ3v) is 6.72. The average molecular weight is 516 g/mol. The monoisotopic (exact) mass is 515 g/mol. The smallest absolute Gasteiger partial charge is 0.244 e. The Morgan fingerprint density at radius 3 is 2.14 bits per heavy atom. The molecule has 0 heterocycles. The summed E-state index contributed by atoms with van der Waals surface area (Å²) in [5.74, 6) is -1.05. The topological polar surface area (TPSA) is 104 Å². The first-order valence-corrected chi connectivity index (χ1v) is 13.7. The Morgan fingerprint density at radius 1 is 1.03 bits per heavy atom. The van der Waals surface area contributed by atoms with Gasteiger partial charge in [-0.25, -0.2) is 8.42 Å². The van der Waals surface area contributed by atoms with Gasteiger partial charge in [0.25, 0.3) is 0 Å². The molecule has 0 saturated heterocycles. The number of nitrogens with one attached hydrogen (secondary N) is 1. The number of hydrogen-bond donors (Lipinski definition) is 1. The van der Waals surface area contributed by atoms with Crippen molar-refractivity contribution < 1.29 is 22.8 Å². The molecule has 0 aliphatic carbocycles. The molecule has 0 bridgehead atoms. The van der Waals surface area contributed by atoms with Crippen LogP contribution in [0, 0.1) is 6.92 Å². The molecule has 8 nitrogen and oxygen atoms in total. The van der Waals surface area contributed by atoms with Crippen LogP contribution < -0.4 is 9.62 Å². The minimum absolute atomic E-state index is 0.139. The molecule has 2 amide bonds. The summed E-state index contributed by atoms with van der Waals surface area (Å²) in [6.07, 6.45) is 1.35. The van der Waals surface area contributed by atoms with Crippen molar-refractivity contribution in [2.75, 3.05) is 17.1 Å². The molecule has 196 valence electrons. The highest BCUT2D eigenvalue weighted by Gasteiger charge is 2.33. The van der Waals surface area contributed by atoms with Gasteiger partial charge in [0, 0.05) is 17.6 Å². The first-order valence-electron chi connectivity index (χ1n) is 11.9. The minimum Gasteiger partial charge on any atom is -0.350 e. The van der Waals surface area contributed by atoms with Crippen LogP contribution in [0.5, 0.6) is 0 Å². The van der Waals surface area contributed by atoms with E-state index < -0.39 is 34.1 Å². The number of carbonyl (C=O) groups excluding carboxylic acids is 3. The second-order valence-electron chi connectivity index (χ2n) is 10.0. The lowest BCUT2D eigenvalue weighted by Crippen LogP contribution is -2.55. The molecule has 36 heavy (non-hydrogen) atoms. The van der Waals surface area contributed by atoms with Crippen LogP contribution in [0.4, 0.5) is 5.69 Å². The quantitative estimate of drug-likeness (QED) is 0.486. The highest BCUT2D eigenvalue weighted by molar-refractivity contribution is 7.92. The number of ketones is 1. The number of carbonyl (C=O) groups is 3. The molecule has 0 saturated carbocycles. The zero-order valence-electron chi connectivity index (χ0n) is 22.2. The van der Waals surface area contributed by atoms with Crippen molar-refractivity contribution in [2.45, 2.75) is 66.1 Å². The molecule has 0 aromatic heterocycles. The fourth-order valence-corrected chi connectivity index (χ4v) is 4.60. The molecule has 2 aromatic rings. The lowest BCUT2D eigenvalue weighted by Gasteiger charge is -2.34. The zero-order chi connectivity index (χ0) is 27.3. The number of Topliss-reactive ketones (excluding diaryl/α,β-unsaturated/α-hetero) is 1. The number of anilines is 1. The first-order chi connectivity index (χ1) is 16.6. The summed E-state index contributed by atoms with van der Waals surface area (Å²) < 4.78 is 26.4. The highest BCUT2D eigenvalue weighted by Crippen LogP contribution is 2.21. The van der Waals surface area contributed by atoms with Gasteiger partial charge in [-0.2, -0.15) is 0 Å². The van der Waals surface area contributed by atoms with E-state index in [-0.39, 0.29) is 23.9 Å². The molecular weight excluding hydrogens is 478 g/mol. The molecular formula is C27H37N3O5S. The van der Waals surface area contributed by atoms with Gasteiger partial charge in [0.15, 0.2) is 5.78 Å². The maximum absolute atomic E-state index is 13.7. The Morgan fingerprint density at radius 2 is 1.64 bits per heavy atom. The van der Waals surface area contributed by atoms with Crippen molar-refractivity contribution in [3.63, 3.8) is 0 Å². The van der Waals surface area contributed by atoms with Crippen LogP contribution in [0.15, 0.2) is 48.5 Å². The second kappa shape index (κ2) is 11.7. The molecule has 0 aliphatic heterocycles. The standard InChI is InChI=1S/C27H37N3O5S/c1-8-24(26(33)28-27(4,5)6)29(17-21-14-12-19(2)13-15-21)25(32)18-30(36(7,34)35)23-11-9-10-22(16-23)20(3)31/h9-16,24H,8,17-18H2,1-7H3,(H,28,33)/t24-/m0/s1. The third kappa shape index (κ3) is 8.19.